The van der Waals surface area contributed by atoms with Crippen LogP contribution < -0.4 is 0 Å². The highest BCUT2D eigenvalue weighted by molar-refractivity contribution is 6.58. The molecule has 0 rings (SSSR count). The largest absolute Gasteiger partial charge is 0.478 e. The Kier molecular flexibility index (Phi) is 13.7. The molecule has 2 nitrogen and oxygen atoms in total. The molecule has 118 valence electrons. The molecule has 0 aromatic carbocycles. The van der Waals surface area contributed by atoms with E-state index < -0.39 is 20.1 Å². The predicted octanol–water partition coefficient (Wildman–Crippen LogP) is 5.49. The minimum absolute atomic E-state index is 0.264. The molecular weight excluding hydrogens is 263 g/mol. The van der Waals surface area contributed by atoms with Crippen molar-refractivity contribution >= 4 is 20.1 Å². The number of carboxylic acids is 1. The first-order valence-corrected chi connectivity index (χ1v) is 10.5. The van der Waals surface area contributed by atoms with Crippen molar-refractivity contribution in [3.63, 3.8) is 0 Å². The van der Waals surface area contributed by atoms with Gasteiger partial charge in [-0.3, -0.25) is 0 Å². The van der Waals surface area contributed by atoms with E-state index in [1.54, 1.807) is 22.8 Å². The Balaban J connectivity index is 0. The van der Waals surface area contributed by atoms with Gasteiger partial charge >= 0.3 is 5.97 Å². The minimum Gasteiger partial charge on any atom is -0.478 e. The van der Waals surface area contributed by atoms with Crippen molar-refractivity contribution in [3.8, 4) is 0 Å². The molecule has 0 heterocycles. The van der Waals surface area contributed by atoms with Gasteiger partial charge < -0.3 is 5.11 Å². The molecule has 0 spiro atoms. The van der Waals surface area contributed by atoms with Crippen LogP contribution in [0.2, 0.25) is 15.8 Å². The van der Waals surface area contributed by atoms with Crippen LogP contribution in [0.5, 0.6) is 0 Å². The summed E-state index contributed by atoms with van der Waals surface area (Å²) in [4.78, 5) is 9.83. The lowest BCUT2D eigenvalue weighted by molar-refractivity contribution is -0.132. The molecule has 0 atom stereocenters. The predicted molar refractivity (Wildman–Crippen MR) is 91.8 cm³/mol. The summed E-state index contributed by atoms with van der Waals surface area (Å²) in [6.07, 6.45) is 0.523. The maximum absolute atomic E-state index is 9.83. The molecule has 0 fully saturated rings. The molecule has 3 heteroatoms. The van der Waals surface area contributed by atoms with Crippen LogP contribution in [0, 0.1) is 17.8 Å². The van der Waals surface area contributed by atoms with E-state index in [4.69, 9.17) is 5.11 Å². The average molecular weight is 298 g/mol. The van der Waals surface area contributed by atoms with Crippen LogP contribution in [-0.2, 0) is 4.79 Å². The van der Waals surface area contributed by atoms with E-state index in [0.29, 0.717) is 6.42 Å². The molecule has 0 aliphatic heterocycles. The normalized spacial score (nSPS) is 10.5. The van der Waals surface area contributed by atoms with Gasteiger partial charge in [0, 0.05) is 5.57 Å². The molecule has 0 aliphatic rings. The molecule has 1 N–H and O–H groups in total. The van der Waals surface area contributed by atoms with Gasteiger partial charge in [-0.15, -0.1) is 0 Å². The number of rotatable bonds is 8. The minimum atomic E-state index is -0.900. The van der Waals surface area contributed by atoms with Crippen LogP contribution in [0.1, 0.15) is 54.9 Å². The molecule has 0 aromatic rings. The third kappa shape index (κ3) is 15.8. The molecule has 0 saturated heterocycles. The molecule has 0 bridgehead atoms. The van der Waals surface area contributed by atoms with Crippen molar-refractivity contribution < 1.29 is 9.90 Å². The van der Waals surface area contributed by atoms with E-state index in [1.807, 2.05) is 0 Å². The average Bonchev–Trinajstić information content (AvgIpc) is 2.25. The Hall–Kier alpha value is -0.258. The first kappa shape index (κ1) is 22.0. The molecule has 0 aliphatic carbocycles. The van der Waals surface area contributed by atoms with Gasteiger partial charge in [-0.25, -0.2) is 4.79 Å². The van der Waals surface area contributed by atoms with E-state index in [9.17, 15) is 4.79 Å². The second kappa shape index (κ2) is 12.5. The van der Waals surface area contributed by atoms with E-state index in [-0.39, 0.29) is 5.57 Å². The van der Waals surface area contributed by atoms with Crippen molar-refractivity contribution in [1.29, 1.82) is 0 Å². The van der Waals surface area contributed by atoms with Gasteiger partial charge in [0.15, 0.2) is 0 Å². The maximum atomic E-state index is 9.83. The molecule has 20 heavy (non-hydrogen) atoms. The summed E-state index contributed by atoms with van der Waals surface area (Å²) in [5.41, 5.74) is 0.264. The Bertz CT molecular complexity index is 246. The first-order valence-electron chi connectivity index (χ1n) is 8.01. The smallest absolute Gasteiger partial charge is 0.330 e. The van der Waals surface area contributed by atoms with Crippen molar-refractivity contribution in [1.82, 2.24) is 0 Å². The van der Waals surface area contributed by atoms with Gasteiger partial charge in [0.2, 0.25) is 0 Å². The van der Waals surface area contributed by atoms with Gasteiger partial charge in [-0.05, 0) is 6.42 Å². The first-order chi connectivity index (χ1) is 9.09. The summed E-state index contributed by atoms with van der Waals surface area (Å²) in [5.74, 6) is 1.87. The summed E-state index contributed by atoms with van der Waals surface area (Å²) in [5, 5.41) is 12.7. The Morgan fingerprint density at radius 2 is 1.25 bits per heavy atom. The summed E-state index contributed by atoms with van der Waals surface area (Å²) >= 11 is -0.407. The Morgan fingerprint density at radius 1 is 0.950 bits per heavy atom. The van der Waals surface area contributed by atoms with E-state index in [2.05, 4.69) is 48.1 Å². The molecule has 0 saturated carbocycles. The number of carboxylic acid groups (broad SMARTS) is 1. The zero-order valence-electron chi connectivity index (χ0n) is 14.7. The number of hydrogen-bond donors (Lipinski definition) is 1. The van der Waals surface area contributed by atoms with Crippen LogP contribution in [0.15, 0.2) is 12.2 Å². The third-order valence-electron chi connectivity index (χ3n) is 3.14. The van der Waals surface area contributed by atoms with Crippen molar-refractivity contribution in [2.45, 2.75) is 70.7 Å². The van der Waals surface area contributed by atoms with Gasteiger partial charge in [-0.2, -0.15) is 0 Å². The zero-order chi connectivity index (χ0) is 16.3. The second-order valence-corrected chi connectivity index (χ2v) is 10.2. The fourth-order valence-electron chi connectivity index (χ4n) is 2.44. The molecule has 0 unspecified atom stereocenters. The lowest BCUT2D eigenvalue weighted by Crippen LogP contribution is -2.19. The fraction of sp³-hybridized carbons (Fsp3) is 0.824. The monoisotopic (exact) mass is 298 g/mol. The topological polar surface area (TPSA) is 37.3 Å². The number of carbonyl (C=O) groups is 1. The highest BCUT2D eigenvalue weighted by atomic mass is 27.2. The highest BCUT2D eigenvalue weighted by Gasteiger charge is 2.20. The van der Waals surface area contributed by atoms with E-state index in [0.717, 1.165) is 17.8 Å². The summed E-state index contributed by atoms with van der Waals surface area (Å²) in [6, 6.07) is 0. The van der Waals surface area contributed by atoms with Gasteiger partial charge in [0.25, 0.3) is 14.1 Å². The number of hydrogen-bond acceptors (Lipinski definition) is 1. The summed E-state index contributed by atoms with van der Waals surface area (Å²) in [7, 11) is 0. The second-order valence-electron chi connectivity index (χ2n) is 7.02. The van der Waals surface area contributed by atoms with Crippen molar-refractivity contribution in [3.05, 3.63) is 12.2 Å². The quantitative estimate of drug-likeness (QED) is 0.475. The summed E-state index contributed by atoms with van der Waals surface area (Å²) in [6.45, 7) is 19.3. The zero-order valence-corrected chi connectivity index (χ0v) is 15.9. The van der Waals surface area contributed by atoms with Crippen molar-refractivity contribution in [2.24, 2.45) is 17.8 Å². The fourth-order valence-corrected chi connectivity index (χ4v) is 7.02. The van der Waals surface area contributed by atoms with Gasteiger partial charge in [0.1, 0.15) is 0 Å². The van der Waals surface area contributed by atoms with Crippen LogP contribution in [0.3, 0.4) is 0 Å². The standard InChI is InChI=1S/C5H8O2.3C4H9.Al/c1-3-4(2)5(6)7;3*1-4(2)3;/h2-3H2,1H3,(H,6,7);3*4H,1H2,2-3H3;. The molecule has 0 aromatic heterocycles. The Labute approximate surface area is 131 Å². The summed E-state index contributed by atoms with van der Waals surface area (Å²) < 4.78 is 0. The van der Waals surface area contributed by atoms with Gasteiger partial charge in [0.05, 0.1) is 0 Å². The van der Waals surface area contributed by atoms with E-state index >= 15 is 0 Å². The van der Waals surface area contributed by atoms with Gasteiger partial charge in [-0.1, -0.05) is 88.6 Å². The SMILES string of the molecule is C=C(CC)C(=O)O.CC(C)[CH2][Al]([CH2]C(C)C)[CH2]C(C)C. The molecule has 0 amide bonds. The molecular formula is C17H35AlO2. The maximum Gasteiger partial charge on any atom is 0.330 e. The third-order valence-corrected chi connectivity index (χ3v) is 7.97. The van der Waals surface area contributed by atoms with Crippen LogP contribution in [0.4, 0.5) is 0 Å². The van der Waals surface area contributed by atoms with E-state index in [1.165, 1.54) is 0 Å². The van der Waals surface area contributed by atoms with Crippen LogP contribution in [-0.4, -0.2) is 25.2 Å². The van der Waals surface area contributed by atoms with Crippen molar-refractivity contribution in [2.75, 3.05) is 0 Å². The highest BCUT2D eigenvalue weighted by Crippen LogP contribution is 2.20. The lowest BCUT2D eigenvalue weighted by atomic mass is 10.2. The number of aliphatic carboxylic acids is 1. The lowest BCUT2D eigenvalue weighted by Gasteiger charge is -2.17. The van der Waals surface area contributed by atoms with Crippen LogP contribution in [0.25, 0.3) is 0 Å². The van der Waals surface area contributed by atoms with Crippen LogP contribution >= 0.6 is 0 Å². The Morgan fingerprint density at radius 3 is 1.35 bits per heavy atom. The molecule has 0 radical (unpaired) electrons.